The number of nitrogens with zero attached hydrogens (tertiary/aromatic N) is 2. The molecule has 1 heterocycles. The first-order valence-corrected chi connectivity index (χ1v) is 9.38. The molecule has 2 amide bonds. The number of rotatable bonds is 7. The van der Waals surface area contributed by atoms with Gasteiger partial charge in [-0.25, -0.2) is 4.68 Å². The van der Waals surface area contributed by atoms with E-state index >= 15 is 0 Å². The van der Waals surface area contributed by atoms with Crippen molar-refractivity contribution in [1.29, 1.82) is 0 Å². The molecule has 0 bridgehead atoms. The van der Waals surface area contributed by atoms with Crippen molar-refractivity contribution < 1.29 is 19.1 Å². The molecule has 2 N–H and O–H groups in total. The van der Waals surface area contributed by atoms with Gasteiger partial charge in [-0.2, -0.15) is 5.10 Å². The number of hydrogen-bond acceptors (Lipinski definition) is 6. The van der Waals surface area contributed by atoms with Gasteiger partial charge in [0.05, 0.1) is 25.6 Å². The second-order valence-corrected chi connectivity index (χ2v) is 6.56. The zero-order valence-electron chi connectivity index (χ0n) is 17.3. The van der Waals surface area contributed by atoms with Gasteiger partial charge in [0.25, 0.3) is 5.56 Å². The van der Waals surface area contributed by atoms with Crippen LogP contribution in [0.25, 0.3) is 11.3 Å². The summed E-state index contributed by atoms with van der Waals surface area (Å²) in [7, 11) is 3.01. The molecule has 31 heavy (non-hydrogen) atoms. The van der Waals surface area contributed by atoms with Gasteiger partial charge in [-0.1, -0.05) is 12.1 Å². The summed E-state index contributed by atoms with van der Waals surface area (Å²) in [6.45, 7) is 1.07. The molecule has 0 atom stereocenters. The van der Waals surface area contributed by atoms with E-state index in [1.165, 1.54) is 20.1 Å². The van der Waals surface area contributed by atoms with Gasteiger partial charge in [0.2, 0.25) is 11.8 Å². The molecule has 160 valence electrons. The van der Waals surface area contributed by atoms with Crippen LogP contribution in [0.2, 0.25) is 0 Å². The number of benzene rings is 2. The maximum Gasteiger partial charge on any atom is 0.267 e. The first-order chi connectivity index (χ1) is 14.9. The van der Waals surface area contributed by atoms with Crippen molar-refractivity contribution in [3.05, 3.63) is 65.0 Å². The molecule has 0 unspecified atom stereocenters. The Balaban J connectivity index is 1.84. The fourth-order valence-electron chi connectivity index (χ4n) is 2.97. The fourth-order valence-corrected chi connectivity index (χ4v) is 2.97. The van der Waals surface area contributed by atoms with Crippen LogP contribution >= 0.6 is 0 Å². The first-order valence-electron chi connectivity index (χ1n) is 9.38. The van der Waals surface area contributed by atoms with Gasteiger partial charge in [0.1, 0.15) is 18.0 Å². The van der Waals surface area contributed by atoms with Crippen molar-refractivity contribution in [1.82, 2.24) is 9.78 Å². The molecule has 0 aliphatic rings. The maximum atomic E-state index is 12.6. The third-order valence-corrected chi connectivity index (χ3v) is 4.34. The molecule has 0 aliphatic carbocycles. The molecule has 0 radical (unpaired) electrons. The summed E-state index contributed by atoms with van der Waals surface area (Å²) in [6.07, 6.45) is 0. The van der Waals surface area contributed by atoms with Gasteiger partial charge < -0.3 is 20.1 Å². The maximum absolute atomic E-state index is 12.6. The topological polar surface area (TPSA) is 112 Å². The fraction of sp³-hybridized carbons (Fsp3) is 0.182. The van der Waals surface area contributed by atoms with Crippen LogP contribution in [0.3, 0.4) is 0 Å². The second kappa shape index (κ2) is 9.57. The van der Waals surface area contributed by atoms with E-state index in [-0.39, 0.29) is 12.5 Å². The van der Waals surface area contributed by atoms with Crippen LogP contribution in [0.15, 0.2) is 59.4 Å². The summed E-state index contributed by atoms with van der Waals surface area (Å²) in [6, 6.07) is 15.0. The third-order valence-electron chi connectivity index (χ3n) is 4.34. The predicted molar refractivity (Wildman–Crippen MR) is 116 cm³/mol. The molecule has 9 heteroatoms. The van der Waals surface area contributed by atoms with Crippen LogP contribution in [0.4, 0.5) is 11.4 Å². The van der Waals surface area contributed by atoms with E-state index in [0.29, 0.717) is 34.1 Å². The van der Waals surface area contributed by atoms with Crippen molar-refractivity contribution in [3.63, 3.8) is 0 Å². The molecule has 3 rings (SSSR count). The normalized spacial score (nSPS) is 10.3. The largest absolute Gasteiger partial charge is 0.496 e. The van der Waals surface area contributed by atoms with E-state index in [1.807, 2.05) is 18.2 Å². The quantitative estimate of drug-likeness (QED) is 0.605. The molecular weight excluding hydrogens is 400 g/mol. The van der Waals surface area contributed by atoms with E-state index < -0.39 is 11.5 Å². The lowest BCUT2D eigenvalue weighted by Gasteiger charge is -2.13. The minimum absolute atomic E-state index is 0.244. The zero-order chi connectivity index (χ0) is 22.4. The van der Waals surface area contributed by atoms with Crippen molar-refractivity contribution in [3.8, 4) is 22.8 Å². The summed E-state index contributed by atoms with van der Waals surface area (Å²) in [4.78, 5) is 36.2. The number of para-hydroxylation sites is 1. The smallest absolute Gasteiger partial charge is 0.267 e. The number of aromatic nitrogens is 2. The van der Waals surface area contributed by atoms with E-state index in [2.05, 4.69) is 15.7 Å². The number of hydrogen-bond donors (Lipinski definition) is 2. The molecule has 0 fully saturated rings. The molecule has 9 nitrogen and oxygen atoms in total. The van der Waals surface area contributed by atoms with Gasteiger partial charge in [-0.3, -0.25) is 14.4 Å². The molecule has 1 aromatic heterocycles. The molecule has 3 aromatic rings. The number of anilines is 2. The molecular formula is C22H22N4O5. The highest BCUT2D eigenvalue weighted by molar-refractivity contribution is 5.94. The van der Waals surface area contributed by atoms with Gasteiger partial charge in [0, 0.05) is 24.2 Å². The molecule has 0 saturated heterocycles. The SMILES string of the molecule is COc1ccc(NC(C)=O)cc1NC(=O)Cn1nc(-c2ccccc2OC)ccc1=O. The van der Waals surface area contributed by atoms with Crippen LogP contribution in [0.1, 0.15) is 6.92 Å². The Labute approximate surface area is 178 Å². The molecule has 2 aromatic carbocycles. The van der Waals surface area contributed by atoms with Crippen LogP contribution in [0.5, 0.6) is 11.5 Å². The average molecular weight is 422 g/mol. The second-order valence-electron chi connectivity index (χ2n) is 6.56. The van der Waals surface area contributed by atoms with Gasteiger partial charge in [-0.05, 0) is 36.4 Å². The number of carbonyl (C=O) groups excluding carboxylic acids is 2. The number of methoxy groups -OCH3 is 2. The van der Waals surface area contributed by atoms with Crippen LogP contribution in [-0.2, 0) is 16.1 Å². The number of ether oxygens (including phenoxy) is 2. The minimum atomic E-state index is -0.481. The highest BCUT2D eigenvalue weighted by Crippen LogP contribution is 2.28. The summed E-state index contributed by atoms with van der Waals surface area (Å²) in [5, 5.41) is 9.64. The lowest BCUT2D eigenvalue weighted by molar-refractivity contribution is -0.117. The van der Waals surface area contributed by atoms with Crippen molar-refractivity contribution in [2.24, 2.45) is 0 Å². The lowest BCUT2D eigenvalue weighted by atomic mass is 10.1. The summed E-state index contributed by atoms with van der Waals surface area (Å²) >= 11 is 0. The highest BCUT2D eigenvalue weighted by Gasteiger charge is 2.13. The van der Waals surface area contributed by atoms with E-state index in [9.17, 15) is 14.4 Å². The van der Waals surface area contributed by atoms with E-state index in [1.54, 1.807) is 37.4 Å². The van der Waals surface area contributed by atoms with Crippen LogP contribution in [0, 0.1) is 0 Å². The Hall–Kier alpha value is -4.14. The molecule has 0 saturated carbocycles. The Morgan fingerprint density at radius 3 is 2.42 bits per heavy atom. The van der Waals surface area contributed by atoms with Gasteiger partial charge in [0.15, 0.2) is 0 Å². The Kier molecular flexibility index (Phi) is 6.66. The molecule has 0 aliphatic heterocycles. The number of carbonyl (C=O) groups is 2. The minimum Gasteiger partial charge on any atom is -0.496 e. The van der Waals surface area contributed by atoms with Gasteiger partial charge in [-0.15, -0.1) is 0 Å². The predicted octanol–water partition coefficient (Wildman–Crippen LogP) is 2.52. The average Bonchev–Trinajstić information content (AvgIpc) is 2.75. The Morgan fingerprint density at radius 1 is 0.968 bits per heavy atom. The zero-order valence-corrected chi connectivity index (χ0v) is 17.3. The van der Waals surface area contributed by atoms with Crippen molar-refractivity contribution in [2.75, 3.05) is 24.9 Å². The standard InChI is InChI=1S/C22H22N4O5/c1-14(27)23-15-8-10-20(31-3)18(12-15)24-21(28)13-26-22(29)11-9-17(25-26)16-6-4-5-7-19(16)30-2/h4-12H,13H2,1-3H3,(H,23,27)(H,24,28). The van der Waals surface area contributed by atoms with Gasteiger partial charge >= 0.3 is 0 Å². The highest BCUT2D eigenvalue weighted by atomic mass is 16.5. The van der Waals surface area contributed by atoms with E-state index in [0.717, 1.165) is 4.68 Å². The Bertz CT molecular complexity index is 1170. The molecule has 0 spiro atoms. The van der Waals surface area contributed by atoms with Crippen molar-refractivity contribution in [2.45, 2.75) is 13.5 Å². The van der Waals surface area contributed by atoms with Crippen LogP contribution < -0.4 is 25.7 Å². The number of amides is 2. The summed E-state index contributed by atoms with van der Waals surface area (Å²) in [5.74, 6) is 0.283. The third kappa shape index (κ3) is 5.27. The lowest BCUT2D eigenvalue weighted by Crippen LogP contribution is -2.29. The van der Waals surface area contributed by atoms with Crippen molar-refractivity contribution >= 4 is 23.2 Å². The van der Waals surface area contributed by atoms with E-state index in [4.69, 9.17) is 9.47 Å². The number of nitrogens with one attached hydrogen (secondary N) is 2. The monoisotopic (exact) mass is 422 g/mol. The first kappa shape index (κ1) is 21.6. The Morgan fingerprint density at radius 2 is 1.71 bits per heavy atom. The van der Waals surface area contributed by atoms with Crippen LogP contribution in [-0.4, -0.2) is 35.8 Å². The summed E-state index contributed by atoms with van der Waals surface area (Å²) in [5.41, 5.74) is 1.62. The summed E-state index contributed by atoms with van der Waals surface area (Å²) < 4.78 is 11.7.